The first kappa shape index (κ1) is 16.6. The van der Waals surface area contributed by atoms with Crippen molar-refractivity contribution in [2.45, 2.75) is 43.1 Å². The summed E-state index contributed by atoms with van der Waals surface area (Å²) in [6, 6.07) is 5.82. The van der Waals surface area contributed by atoms with Gasteiger partial charge in [0, 0.05) is 17.8 Å². The highest BCUT2D eigenvalue weighted by Gasteiger charge is 2.37. The van der Waals surface area contributed by atoms with Crippen molar-refractivity contribution in [1.29, 1.82) is 0 Å². The van der Waals surface area contributed by atoms with Crippen LogP contribution in [0.15, 0.2) is 24.3 Å². The van der Waals surface area contributed by atoms with Crippen molar-refractivity contribution < 1.29 is 14.3 Å². The van der Waals surface area contributed by atoms with Crippen LogP contribution in [-0.4, -0.2) is 45.7 Å². The number of aliphatic hydroxyl groups excluding tert-OH is 1. The molecular weight excluding hydrogens is 315 g/mol. The Labute approximate surface area is 140 Å². The molecule has 1 aromatic carbocycles. The zero-order valence-electron chi connectivity index (χ0n) is 13.3. The van der Waals surface area contributed by atoms with Crippen LogP contribution in [0.4, 0.5) is 9.18 Å². The predicted octanol–water partition coefficient (Wildman–Crippen LogP) is 2.93. The number of β-amino-alcohol motifs (C(OH)–C–C–N with tert-alkyl or cyclic N) is 1. The van der Waals surface area contributed by atoms with Gasteiger partial charge in [-0.2, -0.15) is 11.8 Å². The summed E-state index contributed by atoms with van der Waals surface area (Å²) in [5, 5.41) is 13.0. The van der Waals surface area contributed by atoms with E-state index < -0.39 is 6.10 Å². The highest BCUT2D eigenvalue weighted by atomic mass is 32.2. The molecule has 2 aliphatic heterocycles. The van der Waals surface area contributed by atoms with E-state index in [1.165, 1.54) is 18.6 Å². The predicted molar refractivity (Wildman–Crippen MR) is 90.0 cm³/mol. The van der Waals surface area contributed by atoms with Crippen LogP contribution in [0.2, 0.25) is 0 Å². The van der Waals surface area contributed by atoms with Gasteiger partial charge in [0.15, 0.2) is 0 Å². The summed E-state index contributed by atoms with van der Waals surface area (Å²) in [5.74, 6) is 0.819. The normalized spacial score (nSPS) is 30.7. The van der Waals surface area contributed by atoms with E-state index in [0.29, 0.717) is 13.0 Å². The van der Waals surface area contributed by atoms with Crippen molar-refractivity contribution in [2.24, 2.45) is 0 Å². The van der Waals surface area contributed by atoms with Crippen LogP contribution in [0, 0.1) is 5.82 Å². The van der Waals surface area contributed by atoms with Gasteiger partial charge in [0.2, 0.25) is 0 Å². The van der Waals surface area contributed by atoms with E-state index >= 15 is 0 Å². The number of hydrogen-bond donors (Lipinski definition) is 2. The van der Waals surface area contributed by atoms with Crippen LogP contribution in [0.3, 0.4) is 0 Å². The molecule has 126 valence electrons. The maximum atomic E-state index is 13.5. The number of carbonyl (C=O) groups excluding carboxylic acids is 1. The Kier molecular flexibility index (Phi) is 4.82. The molecule has 2 N–H and O–H groups in total. The number of amides is 2. The largest absolute Gasteiger partial charge is 0.391 e. The summed E-state index contributed by atoms with van der Waals surface area (Å²) >= 11 is 1.90. The molecule has 0 aromatic heterocycles. The van der Waals surface area contributed by atoms with E-state index in [2.05, 4.69) is 12.2 Å². The number of nitrogens with one attached hydrogen (secondary N) is 1. The SMILES string of the molecule is C[C@]1(CNC(=O)N2C[C@@H](O)C[C@@H]2c2cccc(F)c2)CCCS1. The Bertz CT molecular complexity index is 577. The molecule has 4 nitrogen and oxygen atoms in total. The van der Waals surface area contributed by atoms with Gasteiger partial charge in [-0.1, -0.05) is 12.1 Å². The van der Waals surface area contributed by atoms with Gasteiger partial charge >= 0.3 is 6.03 Å². The summed E-state index contributed by atoms with van der Waals surface area (Å²) in [7, 11) is 0. The molecule has 3 atom stereocenters. The zero-order chi connectivity index (χ0) is 16.4. The molecule has 6 heteroatoms. The fourth-order valence-electron chi connectivity index (χ4n) is 3.41. The maximum absolute atomic E-state index is 13.5. The Morgan fingerprint density at radius 3 is 3.09 bits per heavy atom. The minimum absolute atomic E-state index is 0.0996. The second-order valence-corrected chi connectivity index (χ2v) is 8.36. The number of benzene rings is 1. The number of aliphatic hydroxyl groups is 1. The van der Waals surface area contributed by atoms with Gasteiger partial charge in [-0.15, -0.1) is 0 Å². The molecule has 1 aromatic rings. The molecule has 0 saturated carbocycles. The summed E-state index contributed by atoms with van der Waals surface area (Å²) in [4.78, 5) is 14.2. The van der Waals surface area contributed by atoms with E-state index in [1.807, 2.05) is 11.8 Å². The van der Waals surface area contributed by atoms with Gasteiger partial charge in [0.1, 0.15) is 5.82 Å². The topological polar surface area (TPSA) is 52.6 Å². The monoisotopic (exact) mass is 338 g/mol. The van der Waals surface area contributed by atoms with Crippen LogP contribution in [-0.2, 0) is 0 Å². The smallest absolute Gasteiger partial charge is 0.318 e. The number of urea groups is 1. The van der Waals surface area contributed by atoms with E-state index in [9.17, 15) is 14.3 Å². The van der Waals surface area contributed by atoms with Crippen molar-refractivity contribution >= 4 is 17.8 Å². The van der Waals surface area contributed by atoms with E-state index in [4.69, 9.17) is 0 Å². The average Bonchev–Trinajstić information content (AvgIpc) is 3.12. The third-order valence-electron chi connectivity index (χ3n) is 4.69. The first-order chi connectivity index (χ1) is 11.0. The molecule has 0 bridgehead atoms. The second kappa shape index (κ2) is 6.69. The Morgan fingerprint density at radius 2 is 2.39 bits per heavy atom. The Balaban J connectivity index is 1.68. The van der Waals surface area contributed by atoms with Crippen molar-refractivity contribution in [3.05, 3.63) is 35.6 Å². The first-order valence-electron chi connectivity index (χ1n) is 8.09. The minimum Gasteiger partial charge on any atom is -0.391 e. The van der Waals surface area contributed by atoms with Gasteiger partial charge < -0.3 is 15.3 Å². The van der Waals surface area contributed by atoms with E-state index in [-0.39, 0.29) is 29.2 Å². The number of likely N-dealkylation sites (tertiary alicyclic amines) is 1. The highest BCUT2D eigenvalue weighted by molar-refractivity contribution is 8.00. The second-order valence-electron chi connectivity index (χ2n) is 6.67. The minimum atomic E-state index is -0.564. The van der Waals surface area contributed by atoms with Crippen LogP contribution >= 0.6 is 11.8 Å². The highest BCUT2D eigenvalue weighted by Crippen LogP contribution is 2.37. The molecule has 0 unspecified atom stereocenters. The fourth-order valence-corrected chi connectivity index (χ4v) is 4.65. The number of carbonyl (C=O) groups is 1. The lowest BCUT2D eigenvalue weighted by Crippen LogP contribution is -2.45. The molecule has 2 aliphatic rings. The van der Waals surface area contributed by atoms with Crippen LogP contribution in [0.25, 0.3) is 0 Å². The molecule has 0 spiro atoms. The summed E-state index contributed by atoms with van der Waals surface area (Å²) in [6.45, 7) is 3.09. The zero-order valence-corrected chi connectivity index (χ0v) is 14.1. The molecule has 2 heterocycles. The summed E-state index contributed by atoms with van der Waals surface area (Å²) < 4.78 is 13.6. The number of thioether (sulfide) groups is 1. The molecule has 2 amide bonds. The van der Waals surface area contributed by atoms with Crippen molar-refractivity contribution in [2.75, 3.05) is 18.8 Å². The molecule has 2 fully saturated rings. The van der Waals surface area contributed by atoms with Gasteiger partial charge in [0.25, 0.3) is 0 Å². The van der Waals surface area contributed by atoms with Crippen LogP contribution in [0.5, 0.6) is 0 Å². The first-order valence-corrected chi connectivity index (χ1v) is 9.07. The molecule has 23 heavy (non-hydrogen) atoms. The lowest BCUT2D eigenvalue weighted by Gasteiger charge is -2.28. The standard InChI is InChI=1S/C17H23FN2O2S/c1-17(6-3-7-23-17)11-19-16(22)20-10-14(21)9-15(20)12-4-2-5-13(18)8-12/h2,4-5,8,14-15,21H,3,6-7,9-11H2,1H3,(H,19,22)/t14-,15+,17+/m0/s1. The lowest BCUT2D eigenvalue weighted by molar-refractivity contribution is 0.169. The molecule has 0 radical (unpaired) electrons. The quantitative estimate of drug-likeness (QED) is 0.891. The molecule has 0 aliphatic carbocycles. The van der Waals surface area contributed by atoms with Gasteiger partial charge in [0.05, 0.1) is 12.1 Å². The lowest BCUT2D eigenvalue weighted by atomic mass is 10.0. The average molecular weight is 338 g/mol. The van der Waals surface area contributed by atoms with Crippen LogP contribution in [0.1, 0.15) is 37.8 Å². The fraction of sp³-hybridized carbons (Fsp3) is 0.588. The van der Waals surface area contributed by atoms with Crippen molar-refractivity contribution in [3.63, 3.8) is 0 Å². The van der Waals surface area contributed by atoms with Crippen LogP contribution < -0.4 is 5.32 Å². The third kappa shape index (κ3) is 3.80. The van der Waals surface area contributed by atoms with E-state index in [0.717, 1.165) is 17.7 Å². The molecule has 2 saturated heterocycles. The van der Waals surface area contributed by atoms with E-state index in [1.54, 1.807) is 17.0 Å². The summed E-state index contributed by atoms with van der Waals surface area (Å²) in [6.07, 6.45) is 2.17. The summed E-state index contributed by atoms with van der Waals surface area (Å²) in [5.41, 5.74) is 0.734. The number of nitrogens with zero attached hydrogens (tertiary/aromatic N) is 1. The number of hydrogen-bond acceptors (Lipinski definition) is 3. The maximum Gasteiger partial charge on any atom is 0.318 e. The van der Waals surface area contributed by atoms with Gasteiger partial charge in [-0.05, 0) is 49.6 Å². The molecule has 3 rings (SSSR count). The number of rotatable bonds is 3. The Hall–Kier alpha value is -1.27. The van der Waals surface area contributed by atoms with Crippen molar-refractivity contribution in [3.8, 4) is 0 Å². The number of halogens is 1. The third-order valence-corrected chi connectivity index (χ3v) is 6.23. The van der Waals surface area contributed by atoms with Crippen molar-refractivity contribution in [1.82, 2.24) is 10.2 Å². The molecular formula is C17H23FN2O2S. The van der Waals surface area contributed by atoms with Gasteiger partial charge in [-0.25, -0.2) is 9.18 Å². The van der Waals surface area contributed by atoms with Gasteiger partial charge in [-0.3, -0.25) is 0 Å². The Morgan fingerprint density at radius 1 is 1.57 bits per heavy atom.